The fourth-order valence-electron chi connectivity index (χ4n) is 1.71. The number of rotatable bonds is 0. The summed E-state index contributed by atoms with van der Waals surface area (Å²) in [6.45, 7) is 0. The highest BCUT2D eigenvalue weighted by Crippen LogP contribution is 1.99. The van der Waals surface area contributed by atoms with Crippen LogP contribution >= 0.6 is 0 Å². The third-order valence-electron chi connectivity index (χ3n) is 2.37. The second kappa shape index (κ2) is 2.23. The van der Waals surface area contributed by atoms with Crippen molar-refractivity contribution in [2.24, 2.45) is 0 Å². The van der Waals surface area contributed by atoms with E-state index in [1.807, 2.05) is 0 Å². The van der Waals surface area contributed by atoms with Gasteiger partial charge in [-0.3, -0.25) is 18.4 Å². The van der Waals surface area contributed by atoms with E-state index in [1.165, 1.54) is 8.80 Å². The summed E-state index contributed by atoms with van der Waals surface area (Å²) in [7, 11) is 0. The van der Waals surface area contributed by atoms with Crippen LogP contribution in [0.3, 0.4) is 0 Å². The SMILES string of the molecule is O=c1c2cccn2c(=O)c2cccn12. The lowest BCUT2D eigenvalue weighted by Gasteiger charge is -1.95. The highest BCUT2D eigenvalue weighted by molar-refractivity contribution is 5.54. The van der Waals surface area contributed by atoms with Gasteiger partial charge in [0.05, 0.1) is 0 Å². The molecule has 4 heteroatoms. The number of aromatic nitrogens is 2. The van der Waals surface area contributed by atoms with E-state index in [-0.39, 0.29) is 11.1 Å². The van der Waals surface area contributed by atoms with Gasteiger partial charge in [-0.25, -0.2) is 0 Å². The molecule has 0 saturated heterocycles. The monoisotopic (exact) mass is 186 g/mol. The lowest BCUT2D eigenvalue weighted by atomic mass is 10.5. The molecule has 0 aromatic carbocycles. The first-order chi connectivity index (χ1) is 6.79. The predicted molar refractivity (Wildman–Crippen MR) is 52.1 cm³/mol. The molecule has 0 N–H and O–H groups in total. The molecule has 3 aromatic heterocycles. The van der Waals surface area contributed by atoms with Crippen molar-refractivity contribution in [3.63, 3.8) is 0 Å². The van der Waals surface area contributed by atoms with Gasteiger partial charge in [0.2, 0.25) is 0 Å². The van der Waals surface area contributed by atoms with Gasteiger partial charge in [-0.15, -0.1) is 0 Å². The highest BCUT2D eigenvalue weighted by Gasteiger charge is 2.07. The normalized spacial score (nSPS) is 11.4. The molecule has 3 rings (SSSR count). The molecule has 0 aliphatic rings. The second-order valence-corrected chi connectivity index (χ2v) is 3.14. The van der Waals surface area contributed by atoms with Gasteiger partial charge in [-0.1, -0.05) is 0 Å². The van der Waals surface area contributed by atoms with E-state index < -0.39 is 0 Å². The van der Waals surface area contributed by atoms with E-state index in [9.17, 15) is 9.59 Å². The molecule has 3 aromatic rings. The summed E-state index contributed by atoms with van der Waals surface area (Å²) in [5.74, 6) is 0. The fourth-order valence-corrected chi connectivity index (χ4v) is 1.71. The molecule has 0 unspecified atom stereocenters. The summed E-state index contributed by atoms with van der Waals surface area (Å²) in [4.78, 5) is 23.5. The number of nitrogens with zero attached hydrogens (tertiary/aromatic N) is 2. The molecular weight excluding hydrogens is 180 g/mol. The topological polar surface area (TPSA) is 43.0 Å². The maximum atomic E-state index is 11.8. The minimum Gasteiger partial charge on any atom is -0.277 e. The zero-order valence-corrected chi connectivity index (χ0v) is 7.18. The molecule has 0 amide bonds. The van der Waals surface area contributed by atoms with Crippen LogP contribution in [0.4, 0.5) is 0 Å². The van der Waals surface area contributed by atoms with E-state index in [1.54, 1.807) is 36.7 Å². The molecule has 14 heavy (non-hydrogen) atoms. The summed E-state index contributed by atoms with van der Waals surface area (Å²) in [6, 6.07) is 6.67. The Morgan fingerprint density at radius 2 is 1.21 bits per heavy atom. The van der Waals surface area contributed by atoms with Crippen molar-refractivity contribution < 1.29 is 0 Å². The Kier molecular flexibility index (Phi) is 1.16. The highest BCUT2D eigenvalue weighted by atomic mass is 16.1. The van der Waals surface area contributed by atoms with Crippen LogP contribution in [0, 0.1) is 0 Å². The summed E-state index contributed by atoms with van der Waals surface area (Å²) >= 11 is 0. The Bertz CT molecular complexity index is 607. The standard InChI is InChI=1S/C10H6N2O2/c13-9-7-3-1-5-11(7)10(14)8-4-2-6-12(8)9/h1-6H. The molecule has 3 heterocycles. The minimum atomic E-state index is -0.158. The molecule has 0 radical (unpaired) electrons. The van der Waals surface area contributed by atoms with E-state index in [2.05, 4.69) is 0 Å². The Hall–Kier alpha value is -2.10. The van der Waals surface area contributed by atoms with Crippen molar-refractivity contribution >= 4 is 11.0 Å². The molecule has 4 nitrogen and oxygen atoms in total. The maximum Gasteiger partial charge on any atom is 0.279 e. The smallest absolute Gasteiger partial charge is 0.277 e. The number of fused-ring (bicyclic) bond motifs is 2. The second-order valence-electron chi connectivity index (χ2n) is 3.14. The zero-order chi connectivity index (χ0) is 9.71. The van der Waals surface area contributed by atoms with E-state index >= 15 is 0 Å². The Labute approximate surface area is 78.0 Å². The van der Waals surface area contributed by atoms with Gasteiger partial charge in [0.15, 0.2) is 0 Å². The van der Waals surface area contributed by atoms with Crippen LogP contribution < -0.4 is 11.1 Å². The van der Waals surface area contributed by atoms with Gasteiger partial charge in [0.25, 0.3) is 11.1 Å². The van der Waals surface area contributed by atoms with Crippen LogP contribution in [0.15, 0.2) is 46.2 Å². The van der Waals surface area contributed by atoms with Crippen molar-refractivity contribution in [2.45, 2.75) is 0 Å². The molecule has 0 bridgehead atoms. The third-order valence-corrected chi connectivity index (χ3v) is 2.37. The Balaban J connectivity index is 2.88. The average molecular weight is 186 g/mol. The van der Waals surface area contributed by atoms with Crippen molar-refractivity contribution in [3.05, 3.63) is 57.4 Å². The van der Waals surface area contributed by atoms with Crippen molar-refractivity contribution in [1.82, 2.24) is 8.80 Å². The van der Waals surface area contributed by atoms with Crippen LogP contribution in [0.5, 0.6) is 0 Å². The lowest BCUT2D eigenvalue weighted by molar-refractivity contribution is 1.03. The first-order valence-corrected chi connectivity index (χ1v) is 4.23. The summed E-state index contributed by atoms with van der Waals surface area (Å²) in [5, 5.41) is 0. The molecule has 68 valence electrons. The van der Waals surface area contributed by atoms with E-state index in [4.69, 9.17) is 0 Å². The summed E-state index contributed by atoms with van der Waals surface area (Å²) in [5.41, 5.74) is 0.515. The molecular formula is C10H6N2O2. The quantitative estimate of drug-likeness (QED) is 0.508. The first-order valence-electron chi connectivity index (χ1n) is 4.23. The van der Waals surface area contributed by atoms with Gasteiger partial charge < -0.3 is 0 Å². The van der Waals surface area contributed by atoms with Crippen LogP contribution in [-0.4, -0.2) is 8.80 Å². The summed E-state index contributed by atoms with van der Waals surface area (Å²) < 4.78 is 2.75. The molecule has 0 atom stereocenters. The fraction of sp³-hybridized carbons (Fsp3) is 0. The molecule has 0 aliphatic heterocycles. The van der Waals surface area contributed by atoms with Crippen LogP contribution in [0.25, 0.3) is 11.0 Å². The third kappa shape index (κ3) is 0.682. The maximum absolute atomic E-state index is 11.8. The van der Waals surface area contributed by atoms with Gasteiger partial charge in [-0.2, -0.15) is 0 Å². The molecule has 0 spiro atoms. The Morgan fingerprint density at radius 3 is 1.64 bits per heavy atom. The van der Waals surface area contributed by atoms with Crippen LogP contribution in [0.1, 0.15) is 0 Å². The lowest BCUT2D eigenvalue weighted by Crippen LogP contribution is -2.24. The number of hydrogen-bond acceptors (Lipinski definition) is 2. The molecule has 0 saturated carbocycles. The van der Waals surface area contributed by atoms with Crippen LogP contribution in [0.2, 0.25) is 0 Å². The Morgan fingerprint density at radius 1 is 0.786 bits per heavy atom. The van der Waals surface area contributed by atoms with Gasteiger partial charge in [-0.05, 0) is 24.3 Å². The number of hydrogen-bond donors (Lipinski definition) is 0. The van der Waals surface area contributed by atoms with E-state index in [0.717, 1.165) is 0 Å². The van der Waals surface area contributed by atoms with E-state index in [0.29, 0.717) is 11.0 Å². The van der Waals surface area contributed by atoms with Crippen LogP contribution in [-0.2, 0) is 0 Å². The molecule has 0 fully saturated rings. The summed E-state index contributed by atoms with van der Waals surface area (Å²) in [6.07, 6.45) is 3.21. The van der Waals surface area contributed by atoms with Crippen molar-refractivity contribution in [1.29, 1.82) is 0 Å². The minimum absolute atomic E-state index is 0.158. The van der Waals surface area contributed by atoms with Crippen molar-refractivity contribution in [3.8, 4) is 0 Å². The first kappa shape index (κ1) is 7.32. The predicted octanol–water partition coefficient (Wildman–Crippen LogP) is 0.350. The molecule has 0 aliphatic carbocycles. The van der Waals surface area contributed by atoms with Crippen molar-refractivity contribution in [2.75, 3.05) is 0 Å². The average Bonchev–Trinajstić information content (AvgIpc) is 2.82. The van der Waals surface area contributed by atoms with Gasteiger partial charge in [0.1, 0.15) is 11.0 Å². The van der Waals surface area contributed by atoms with Gasteiger partial charge in [0, 0.05) is 12.4 Å². The van der Waals surface area contributed by atoms with Gasteiger partial charge >= 0.3 is 0 Å². The largest absolute Gasteiger partial charge is 0.279 e. The zero-order valence-electron chi connectivity index (χ0n) is 7.18.